The summed E-state index contributed by atoms with van der Waals surface area (Å²) in [5.41, 5.74) is -0.0233. The minimum absolute atomic E-state index is 0.00981. The summed E-state index contributed by atoms with van der Waals surface area (Å²) in [6.45, 7) is 19.3. The third-order valence-corrected chi connectivity index (χ3v) is 10.1. The number of hydrogen-bond donors (Lipinski definition) is 3. The first kappa shape index (κ1) is 40.7. The molecule has 2 heterocycles. The first-order valence-electron chi connectivity index (χ1n) is 18.7. The second kappa shape index (κ2) is 15.7. The molecular weight excluding hydrogens is 702 g/mol. The zero-order valence-electron chi connectivity index (χ0n) is 33.0. The van der Waals surface area contributed by atoms with Gasteiger partial charge in [0.25, 0.3) is 5.91 Å². The van der Waals surface area contributed by atoms with Gasteiger partial charge in [0.15, 0.2) is 0 Å². The normalized spacial score (nSPS) is 21.3. The molecular formula is C41H53N7O7. The largest absolute Gasteiger partial charge is 0.479 e. The Kier molecular flexibility index (Phi) is 11.6. The molecule has 2 aliphatic rings. The molecule has 0 bridgehead atoms. The van der Waals surface area contributed by atoms with Crippen LogP contribution in [0.1, 0.15) is 84.6 Å². The maximum atomic E-state index is 14.6. The smallest absolute Gasteiger partial charge is 0.408 e. The molecule has 2 fully saturated rings. The molecule has 55 heavy (non-hydrogen) atoms. The fourth-order valence-electron chi connectivity index (χ4n) is 6.97. The van der Waals surface area contributed by atoms with Crippen LogP contribution in [0.3, 0.4) is 0 Å². The van der Waals surface area contributed by atoms with Crippen molar-refractivity contribution >= 4 is 29.8 Å². The molecule has 3 N–H and O–H groups in total. The fourth-order valence-corrected chi connectivity index (χ4v) is 6.97. The first-order valence-corrected chi connectivity index (χ1v) is 18.7. The van der Waals surface area contributed by atoms with E-state index in [0.717, 1.165) is 5.56 Å². The van der Waals surface area contributed by atoms with Crippen molar-refractivity contribution < 1.29 is 33.8 Å². The molecule has 0 spiro atoms. The van der Waals surface area contributed by atoms with Crippen molar-refractivity contribution in [1.82, 2.24) is 35.4 Å². The Morgan fingerprint density at radius 3 is 2.04 bits per heavy atom. The number of ether oxygens (including phenoxy) is 1. The highest BCUT2D eigenvalue weighted by Crippen LogP contribution is 2.45. The number of hydrogen-bond acceptors (Lipinski definition) is 8. The lowest BCUT2D eigenvalue weighted by Gasteiger charge is -2.36. The van der Waals surface area contributed by atoms with Crippen molar-refractivity contribution in [3.63, 3.8) is 0 Å². The zero-order chi connectivity index (χ0) is 40.5. The Hall–Kier alpha value is -5.53. The van der Waals surface area contributed by atoms with E-state index in [1.807, 2.05) is 56.3 Å². The number of aliphatic carboxylic acids is 1. The molecule has 14 nitrogen and oxygen atoms in total. The van der Waals surface area contributed by atoms with Crippen molar-refractivity contribution in [2.24, 2.45) is 11.3 Å². The minimum Gasteiger partial charge on any atom is -0.479 e. The van der Waals surface area contributed by atoms with Crippen LogP contribution in [0, 0.1) is 11.3 Å². The minimum atomic E-state index is -1.53. The van der Waals surface area contributed by atoms with Crippen LogP contribution in [-0.4, -0.2) is 103 Å². The molecule has 14 heteroatoms. The molecule has 2 aromatic carbocycles. The molecule has 3 aromatic rings. The number of carbonyl (C=O) groups is 5. The van der Waals surface area contributed by atoms with Gasteiger partial charge in [-0.15, -0.1) is 6.58 Å². The van der Waals surface area contributed by atoms with E-state index in [4.69, 9.17) is 14.9 Å². The summed E-state index contributed by atoms with van der Waals surface area (Å²) in [7, 11) is 0. The summed E-state index contributed by atoms with van der Waals surface area (Å²) in [6.07, 6.45) is 0.956. The molecule has 1 aromatic heterocycles. The predicted molar refractivity (Wildman–Crippen MR) is 207 cm³/mol. The van der Waals surface area contributed by atoms with Gasteiger partial charge in [0, 0.05) is 48.7 Å². The number of aromatic nitrogens is 3. The number of likely N-dealkylation sites (tertiary alicyclic amines) is 1. The van der Waals surface area contributed by atoms with Crippen LogP contribution in [0.5, 0.6) is 0 Å². The summed E-state index contributed by atoms with van der Waals surface area (Å²) in [6, 6.07) is 13.8. The van der Waals surface area contributed by atoms with Gasteiger partial charge in [-0.25, -0.2) is 9.59 Å². The average molecular weight is 756 g/mol. The Balaban J connectivity index is 1.54. The number of amides is 4. The summed E-state index contributed by atoms with van der Waals surface area (Å²) in [5, 5.41) is 25.4. The number of carbonyl (C=O) groups excluding carboxylic acids is 4. The number of nitrogens with one attached hydrogen (secondary N) is 2. The number of rotatable bonds is 12. The number of benzene rings is 2. The van der Waals surface area contributed by atoms with Gasteiger partial charge in [-0.2, -0.15) is 15.0 Å². The maximum Gasteiger partial charge on any atom is 0.408 e. The lowest BCUT2D eigenvalue weighted by atomic mass is 9.85. The Morgan fingerprint density at radius 1 is 0.964 bits per heavy atom. The lowest BCUT2D eigenvalue weighted by Crippen LogP contribution is -2.59. The Morgan fingerprint density at radius 2 is 1.55 bits per heavy atom. The summed E-state index contributed by atoms with van der Waals surface area (Å²) >= 11 is 0. The molecule has 1 saturated heterocycles. The standard InChI is InChI=1S/C41H53N7O7/c1-10-28-23-41(28,37(52)53)43-34(49)30-22-29(24-47(30)36(51)33(39(4,5)6)42-38(54)55-40(7,8)9)48-44-31(25-16-14-13-15-17-25)32(45-48)26-18-20-27(21-19-26)35(50)46(11-2)12-3/h10,13-21,28-30,33H,1,11-12,22-24H2,2-9H3,(H,42,54)(H,43,49)(H,52,53). The van der Waals surface area contributed by atoms with Gasteiger partial charge in [-0.1, -0.05) is 69.3 Å². The van der Waals surface area contributed by atoms with Gasteiger partial charge in [0.1, 0.15) is 34.6 Å². The highest BCUT2D eigenvalue weighted by atomic mass is 16.6. The van der Waals surface area contributed by atoms with E-state index in [-0.39, 0.29) is 25.3 Å². The molecule has 5 rings (SSSR count). The Bertz CT molecular complexity index is 1930. The van der Waals surface area contributed by atoms with Crippen molar-refractivity contribution in [2.45, 2.75) is 97.5 Å². The molecule has 4 amide bonds. The summed E-state index contributed by atoms with van der Waals surface area (Å²) in [5.74, 6) is -2.91. The first-order chi connectivity index (χ1) is 25.8. The zero-order valence-corrected chi connectivity index (χ0v) is 33.0. The van der Waals surface area contributed by atoms with E-state index in [1.54, 1.807) is 58.6 Å². The van der Waals surface area contributed by atoms with Crippen LogP contribution in [0.15, 0.2) is 67.3 Å². The van der Waals surface area contributed by atoms with Crippen LogP contribution in [0.2, 0.25) is 0 Å². The number of carboxylic acids is 1. The van der Waals surface area contributed by atoms with Gasteiger partial charge in [-0.05, 0) is 58.6 Å². The van der Waals surface area contributed by atoms with Crippen LogP contribution in [0.4, 0.5) is 4.79 Å². The van der Waals surface area contributed by atoms with E-state index in [9.17, 15) is 29.1 Å². The molecule has 5 unspecified atom stereocenters. The van der Waals surface area contributed by atoms with E-state index in [2.05, 4.69) is 17.2 Å². The lowest BCUT2D eigenvalue weighted by molar-refractivity contribution is -0.146. The van der Waals surface area contributed by atoms with Crippen LogP contribution >= 0.6 is 0 Å². The van der Waals surface area contributed by atoms with Crippen molar-refractivity contribution in [2.75, 3.05) is 19.6 Å². The fraction of sp³-hybridized carbons (Fsp3) is 0.488. The molecule has 1 saturated carbocycles. The third kappa shape index (κ3) is 8.73. The number of nitrogens with zero attached hydrogens (tertiary/aromatic N) is 5. The van der Waals surface area contributed by atoms with E-state index in [1.165, 1.54) is 15.8 Å². The van der Waals surface area contributed by atoms with Crippen molar-refractivity contribution in [3.05, 3.63) is 72.8 Å². The highest BCUT2D eigenvalue weighted by Gasteiger charge is 2.61. The second-order valence-electron chi connectivity index (χ2n) is 16.3. The van der Waals surface area contributed by atoms with E-state index < -0.39 is 64.5 Å². The molecule has 0 radical (unpaired) electrons. The van der Waals surface area contributed by atoms with Crippen LogP contribution in [-0.2, 0) is 19.1 Å². The summed E-state index contributed by atoms with van der Waals surface area (Å²) < 4.78 is 5.49. The van der Waals surface area contributed by atoms with Gasteiger partial charge in [-0.3, -0.25) is 14.4 Å². The quantitative estimate of drug-likeness (QED) is 0.207. The molecule has 294 valence electrons. The predicted octanol–water partition coefficient (Wildman–Crippen LogP) is 5.32. The maximum absolute atomic E-state index is 14.6. The number of carboxylic acid groups (broad SMARTS) is 1. The highest BCUT2D eigenvalue weighted by molar-refractivity contribution is 5.97. The monoisotopic (exact) mass is 755 g/mol. The molecule has 1 aliphatic heterocycles. The topological polar surface area (TPSA) is 176 Å². The second-order valence-corrected chi connectivity index (χ2v) is 16.3. The summed E-state index contributed by atoms with van der Waals surface area (Å²) in [4.78, 5) is 71.8. The molecule has 5 atom stereocenters. The van der Waals surface area contributed by atoms with E-state index in [0.29, 0.717) is 35.6 Å². The molecule has 1 aliphatic carbocycles. The van der Waals surface area contributed by atoms with Gasteiger partial charge in [0.05, 0.1) is 6.04 Å². The average Bonchev–Trinajstić information content (AvgIpc) is 3.43. The van der Waals surface area contributed by atoms with Crippen molar-refractivity contribution in [1.29, 1.82) is 0 Å². The van der Waals surface area contributed by atoms with Crippen molar-refractivity contribution in [3.8, 4) is 22.5 Å². The van der Waals surface area contributed by atoms with Gasteiger partial charge in [0.2, 0.25) is 11.8 Å². The SMILES string of the molecule is C=CC1CC1(NC(=O)C1CC(n2nc(-c3ccccc3)c(-c3ccc(C(=O)N(CC)CC)cc3)n2)CN1C(=O)C(NC(=O)OC(C)(C)C)C(C)(C)C)C(=O)O. The van der Waals surface area contributed by atoms with Crippen LogP contribution in [0.25, 0.3) is 22.5 Å². The van der Waals surface area contributed by atoms with Gasteiger partial charge >= 0.3 is 12.1 Å². The number of alkyl carbamates (subject to hydrolysis) is 1. The van der Waals surface area contributed by atoms with E-state index >= 15 is 0 Å². The van der Waals surface area contributed by atoms with Crippen LogP contribution < -0.4 is 10.6 Å². The van der Waals surface area contributed by atoms with Gasteiger partial charge < -0.3 is 30.3 Å². The Labute approximate surface area is 322 Å². The third-order valence-electron chi connectivity index (χ3n) is 10.1.